The second-order valence-corrected chi connectivity index (χ2v) is 7.09. The van der Waals surface area contributed by atoms with Gasteiger partial charge in [-0.05, 0) is 74.0 Å². The molecular weight excluding hydrogens is 264 g/mol. The summed E-state index contributed by atoms with van der Waals surface area (Å²) in [5.41, 5.74) is -0.198. The van der Waals surface area contributed by atoms with Crippen LogP contribution < -0.4 is 5.32 Å². The van der Waals surface area contributed by atoms with Crippen LogP contribution in [0.2, 0.25) is 0 Å². The number of carbonyl (C=O) groups excluding carboxylic acids is 1. The first kappa shape index (κ1) is 18.4. The minimum absolute atomic E-state index is 0.198. The monoisotopic (exact) mass is 298 g/mol. The molecule has 0 aromatic rings. The Morgan fingerprint density at radius 1 is 1.00 bits per heavy atom. The van der Waals surface area contributed by atoms with E-state index in [-0.39, 0.29) is 5.41 Å². The van der Waals surface area contributed by atoms with Crippen molar-refractivity contribution in [1.29, 1.82) is 0 Å². The van der Waals surface area contributed by atoms with E-state index in [2.05, 4.69) is 55.1 Å². The molecule has 0 spiro atoms. The van der Waals surface area contributed by atoms with E-state index < -0.39 is 0 Å². The first-order valence-corrected chi connectivity index (χ1v) is 8.15. The van der Waals surface area contributed by atoms with Crippen molar-refractivity contribution >= 4 is 5.91 Å². The van der Waals surface area contributed by atoms with Crippen LogP contribution in [0.15, 0.2) is 0 Å². The smallest absolute Gasteiger partial charge is 0.229 e. The van der Waals surface area contributed by atoms with Gasteiger partial charge in [-0.25, -0.2) is 0 Å². The fourth-order valence-electron chi connectivity index (χ4n) is 2.85. The summed E-state index contributed by atoms with van der Waals surface area (Å²) in [7, 11) is 8.33. The van der Waals surface area contributed by atoms with Crippen molar-refractivity contribution in [3.05, 3.63) is 0 Å². The van der Waals surface area contributed by atoms with Gasteiger partial charge in [-0.15, -0.1) is 0 Å². The summed E-state index contributed by atoms with van der Waals surface area (Å²) in [6, 6.07) is 0. The van der Waals surface area contributed by atoms with Gasteiger partial charge in [0, 0.05) is 19.6 Å². The van der Waals surface area contributed by atoms with Crippen molar-refractivity contribution in [3.63, 3.8) is 0 Å². The lowest BCUT2D eigenvalue weighted by atomic mass is 9.88. The van der Waals surface area contributed by atoms with Crippen molar-refractivity contribution in [3.8, 4) is 0 Å². The average Bonchev–Trinajstić information content (AvgIpc) is 2.83. The third kappa shape index (κ3) is 6.32. The molecule has 0 aliphatic carbocycles. The van der Waals surface area contributed by atoms with Crippen LogP contribution in [0.25, 0.3) is 0 Å². The zero-order valence-corrected chi connectivity index (χ0v) is 14.6. The molecule has 1 heterocycles. The highest BCUT2D eigenvalue weighted by Gasteiger charge is 2.38. The highest BCUT2D eigenvalue weighted by Crippen LogP contribution is 2.27. The molecule has 0 saturated carbocycles. The standard InChI is InChI=1S/C16H34N4O/c1-16(8-9-17-14-16)15(21)20(12-6-10-18(2)3)13-7-11-19(4)5/h17H,6-14H2,1-5H3. The summed E-state index contributed by atoms with van der Waals surface area (Å²) >= 11 is 0. The van der Waals surface area contributed by atoms with Crippen molar-refractivity contribution in [1.82, 2.24) is 20.0 Å². The molecule has 5 nitrogen and oxygen atoms in total. The van der Waals surface area contributed by atoms with E-state index >= 15 is 0 Å². The molecule has 5 heteroatoms. The van der Waals surface area contributed by atoms with E-state index in [0.717, 1.165) is 58.5 Å². The van der Waals surface area contributed by atoms with Crippen molar-refractivity contribution < 1.29 is 4.79 Å². The predicted molar refractivity (Wildman–Crippen MR) is 88.5 cm³/mol. The Bertz CT molecular complexity index is 297. The number of nitrogens with zero attached hydrogens (tertiary/aromatic N) is 3. The van der Waals surface area contributed by atoms with Crippen LogP contribution in [0.3, 0.4) is 0 Å². The highest BCUT2D eigenvalue weighted by atomic mass is 16.2. The molecule has 1 fully saturated rings. The number of hydrogen-bond donors (Lipinski definition) is 1. The average molecular weight is 298 g/mol. The first-order valence-electron chi connectivity index (χ1n) is 8.15. The second-order valence-electron chi connectivity index (χ2n) is 7.09. The Morgan fingerprint density at radius 3 is 1.90 bits per heavy atom. The Hall–Kier alpha value is -0.650. The minimum Gasteiger partial charge on any atom is -0.342 e. The van der Waals surface area contributed by atoms with Crippen LogP contribution in [0, 0.1) is 5.41 Å². The van der Waals surface area contributed by atoms with Gasteiger partial charge in [-0.3, -0.25) is 4.79 Å². The zero-order chi connectivity index (χ0) is 15.9. The Balaban J connectivity index is 2.54. The summed E-state index contributed by atoms with van der Waals surface area (Å²) in [6.45, 7) is 7.72. The van der Waals surface area contributed by atoms with Gasteiger partial charge in [0.1, 0.15) is 0 Å². The van der Waals surface area contributed by atoms with Crippen LogP contribution in [0.4, 0.5) is 0 Å². The first-order chi connectivity index (χ1) is 9.85. The van der Waals surface area contributed by atoms with Crippen LogP contribution >= 0.6 is 0 Å². The Morgan fingerprint density at radius 2 is 1.52 bits per heavy atom. The number of amides is 1. The maximum atomic E-state index is 12.9. The third-order valence-electron chi connectivity index (χ3n) is 4.24. The van der Waals surface area contributed by atoms with Crippen LogP contribution in [-0.4, -0.2) is 88.1 Å². The van der Waals surface area contributed by atoms with Gasteiger partial charge < -0.3 is 20.0 Å². The van der Waals surface area contributed by atoms with Gasteiger partial charge in [0.05, 0.1) is 5.41 Å². The lowest BCUT2D eigenvalue weighted by Gasteiger charge is -2.32. The Kier molecular flexibility index (Phi) is 7.63. The predicted octanol–water partition coefficient (Wildman–Crippen LogP) is 0.718. The van der Waals surface area contributed by atoms with E-state index in [1.54, 1.807) is 0 Å². The maximum absolute atomic E-state index is 12.9. The molecule has 1 N–H and O–H groups in total. The highest BCUT2D eigenvalue weighted by molar-refractivity contribution is 5.83. The summed E-state index contributed by atoms with van der Waals surface area (Å²) in [4.78, 5) is 19.3. The molecule has 1 amide bonds. The number of rotatable bonds is 9. The van der Waals surface area contributed by atoms with Gasteiger partial charge in [0.25, 0.3) is 0 Å². The molecule has 0 bridgehead atoms. The van der Waals surface area contributed by atoms with Gasteiger partial charge >= 0.3 is 0 Å². The number of hydrogen-bond acceptors (Lipinski definition) is 4. The normalized spacial score (nSPS) is 22.2. The van der Waals surface area contributed by atoms with Crippen molar-refractivity contribution in [2.45, 2.75) is 26.2 Å². The topological polar surface area (TPSA) is 38.8 Å². The molecule has 1 atom stereocenters. The van der Waals surface area contributed by atoms with Gasteiger partial charge in [-0.2, -0.15) is 0 Å². The molecule has 1 aliphatic heterocycles. The van der Waals surface area contributed by atoms with Crippen LogP contribution in [0.1, 0.15) is 26.2 Å². The summed E-state index contributed by atoms with van der Waals surface area (Å²) in [5.74, 6) is 0.338. The zero-order valence-electron chi connectivity index (χ0n) is 14.6. The number of nitrogens with one attached hydrogen (secondary N) is 1. The third-order valence-corrected chi connectivity index (χ3v) is 4.24. The van der Waals surface area contributed by atoms with Crippen molar-refractivity contribution in [2.24, 2.45) is 5.41 Å². The summed E-state index contributed by atoms with van der Waals surface area (Å²) in [6.07, 6.45) is 3.05. The molecular formula is C16H34N4O. The van der Waals surface area contributed by atoms with Gasteiger partial charge in [-0.1, -0.05) is 0 Å². The van der Waals surface area contributed by atoms with E-state index in [1.807, 2.05) is 0 Å². The fraction of sp³-hybridized carbons (Fsp3) is 0.938. The largest absolute Gasteiger partial charge is 0.342 e. The minimum atomic E-state index is -0.198. The molecule has 1 rings (SSSR count). The molecule has 1 aliphatic rings. The summed E-state index contributed by atoms with van der Waals surface area (Å²) in [5, 5.41) is 3.33. The van der Waals surface area contributed by atoms with Crippen LogP contribution in [-0.2, 0) is 4.79 Å². The Labute approximate surface area is 130 Å². The molecule has 1 unspecified atom stereocenters. The van der Waals surface area contributed by atoms with E-state index in [9.17, 15) is 4.79 Å². The quantitative estimate of drug-likeness (QED) is 0.681. The van der Waals surface area contributed by atoms with Crippen molar-refractivity contribution in [2.75, 3.05) is 67.5 Å². The molecule has 124 valence electrons. The maximum Gasteiger partial charge on any atom is 0.229 e. The van der Waals surface area contributed by atoms with E-state index in [4.69, 9.17) is 0 Å². The number of carbonyl (C=O) groups is 1. The molecule has 0 aromatic carbocycles. The van der Waals surface area contributed by atoms with Gasteiger partial charge in [0.2, 0.25) is 5.91 Å². The van der Waals surface area contributed by atoms with E-state index in [1.165, 1.54) is 0 Å². The molecule has 21 heavy (non-hydrogen) atoms. The van der Waals surface area contributed by atoms with E-state index in [0.29, 0.717) is 5.91 Å². The second kappa shape index (κ2) is 8.71. The molecule has 1 saturated heterocycles. The molecule has 0 aromatic heterocycles. The fourth-order valence-corrected chi connectivity index (χ4v) is 2.85. The lowest BCUT2D eigenvalue weighted by molar-refractivity contribution is -0.140. The molecule has 0 radical (unpaired) electrons. The summed E-state index contributed by atoms with van der Waals surface area (Å²) < 4.78 is 0. The van der Waals surface area contributed by atoms with Gasteiger partial charge in [0.15, 0.2) is 0 Å². The lowest BCUT2D eigenvalue weighted by Crippen LogP contribution is -2.45. The van der Waals surface area contributed by atoms with Crippen LogP contribution in [0.5, 0.6) is 0 Å². The SMILES string of the molecule is CN(C)CCCN(CCCN(C)C)C(=O)C1(C)CCNC1.